The third-order valence-electron chi connectivity index (χ3n) is 6.46. The van der Waals surface area contributed by atoms with E-state index >= 15 is 0 Å². The van der Waals surface area contributed by atoms with Crippen molar-refractivity contribution in [1.82, 2.24) is 0 Å². The molecule has 0 radical (unpaired) electrons. The number of hydrogen-bond acceptors (Lipinski definition) is 0. The summed E-state index contributed by atoms with van der Waals surface area (Å²) in [6, 6.07) is 47.0. The maximum atomic E-state index is 2.39. The van der Waals surface area contributed by atoms with Crippen molar-refractivity contribution in [2.24, 2.45) is 0 Å². The number of rotatable bonds is 6. The van der Waals surface area contributed by atoms with Crippen LogP contribution in [-0.4, -0.2) is 6.16 Å². The van der Waals surface area contributed by atoms with E-state index in [1.165, 1.54) is 37.8 Å². The van der Waals surface area contributed by atoms with Crippen LogP contribution in [0, 0.1) is 6.92 Å². The van der Waals surface area contributed by atoms with Crippen LogP contribution >= 0.6 is 7.26 Å². The Morgan fingerprint density at radius 3 is 1.53 bits per heavy atom. The zero-order chi connectivity index (χ0) is 21.8. The summed E-state index contributed by atoms with van der Waals surface area (Å²) in [5.74, 6) is 0. The molecule has 5 aromatic carbocycles. The minimum atomic E-state index is -1.79. The predicted molar refractivity (Wildman–Crippen MR) is 142 cm³/mol. The molecule has 0 N–H and O–H groups in total. The zero-order valence-corrected chi connectivity index (χ0v) is 19.4. The van der Waals surface area contributed by atoms with Gasteiger partial charge in [0.2, 0.25) is 0 Å². The molecule has 0 heterocycles. The highest BCUT2D eigenvalue weighted by molar-refractivity contribution is 7.95. The van der Waals surface area contributed by atoms with Gasteiger partial charge in [0.15, 0.2) is 0 Å². The van der Waals surface area contributed by atoms with E-state index in [1.807, 2.05) is 0 Å². The van der Waals surface area contributed by atoms with Crippen LogP contribution in [0.2, 0.25) is 0 Å². The van der Waals surface area contributed by atoms with E-state index in [9.17, 15) is 0 Å². The molecule has 0 aromatic heterocycles. The van der Waals surface area contributed by atoms with Crippen molar-refractivity contribution in [1.29, 1.82) is 0 Å². The lowest BCUT2D eigenvalue weighted by Crippen LogP contribution is -2.34. The lowest BCUT2D eigenvalue weighted by molar-refractivity contribution is 1.14. The number of benzene rings is 5. The second-order valence-corrected chi connectivity index (χ2v) is 12.0. The Morgan fingerprint density at radius 1 is 0.531 bits per heavy atom. The van der Waals surface area contributed by atoms with Gasteiger partial charge in [0.1, 0.15) is 23.2 Å². The maximum Gasteiger partial charge on any atom is 0.112 e. The zero-order valence-electron chi connectivity index (χ0n) is 18.5. The van der Waals surface area contributed by atoms with Crippen molar-refractivity contribution in [3.63, 3.8) is 0 Å². The van der Waals surface area contributed by atoms with Crippen molar-refractivity contribution in [2.45, 2.75) is 13.3 Å². The Labute approximate surface area is 191 Å². The molecule has 0 amide bonds. The van der Waals surface area contributed by atoms with Crippen molar-refractivity contribution < 1.29 is 0 Å². The molecule has 0 saturated heterocycles. The molecule has 5 rings (SSSR count). The van der Waals surface area contributed by atoms with Gasteiger partial charge in [0.05, 0.1) is 6.16 Å². The minimum absolute atomic E-state index is 1.05. The average molecular weight is 432 g/mol. The average Bonchev–Trinajstić information content (AvgIpc) is 2.86. The van der Waals surface area contributed by atoms with Gasteiger partial charge in [0.25, 0.3) is 0 Å². The highest BCUT2D eigenvalue weighted by Gasteiger charge is 2.44. The predicted octanol–water partition coefficient (Wildman–Crippen LogP) is 6.68. The number of aryl methyl sites for hydroxylation is 2. The van der Waals surface area contributed by atoms with Gasteiger partial charge in [-0.1, -0.05) is 91.0 Å². The summed E-state index contributed by atoms with van der Waals surface area (Å²) in [6.45, 7) is 2.24. The second-order valence-electron chi connectivity index (χ2n) is 8.42. The summed E-state index contributed by atoms with van der Waals surface area (Å²) in [5.41, 5.74) is 2.79. The molecule has 0 unspecified atom stereocenters. The lowest BCUT2D eigenvalue weighted by Gasteiger charge is -2.28. The molecule has 1 heteroatoms. The molecule has 0 aliphatic rings. The molecule has 0 aliphatic carbocycles. The van der Waals surface area contributed by atoms with E-state index in [0.29, 0.717) is 0 Å². The third-order valence-corrected chi connectivity index (χ3v) is 10.9. The summed E-state index contributed by atoms with van der Waals surface area (Å²) < 4.78 is 0. The topological polar surface area (TPSA) is 0 Å². The maximum absolute atomic E-state index is 2.39. The fourth-order valence-corrected chi connectivity index (χ4v) is 9.21. The third kappa shape index (κ3) is 3.88. The molecule has 0 aliphatic heterocycles. The first-order chi connectivity index (χ1) is 15.8. The molecule has 5 aromatic rings. The van der Waals surface area contributed by atoms with E-state index in [-0.39, 0.29) is 0 Å². The molecule has 0 nitrogen and oxygen atoms in total. The fraction of sp³-hybridized carbons (Fsp3) is 0.0968. The van der Waals surface area contributed by atoms with Crippen molar-refractivity contribution in [3.05, 3.63) is 139 Å². The summed E-state index contributed by atoms with van der Waals surface area (Å²) in [7, 11) is -1.79. The molecule has 0 spiro atoms. The van der Waals surface area contributed by atoms with Gasteiger partial charge in [-0.3, -0.25) is 0 Å². The largest absolute Gasteiger partial charge is 0.112 e. The highest BCUT2D eigenvalue weighted by atomic mass is 31.2. The van der Waals surface area contributed by atoms with Gasteiger partial charge in [-0.05, 0) is 65.2 Å². The first kappa shape index (κ1) is 20.7. The Bertz CT molecular complexity index is 1210. The van der Waals surface area contributed by atoms with Crippen LogP contribution in [0.15, 0.2) is 127 Å². The van der Waals surface area contributed by atoms with Gasteiger partial charge in [0, 0.05) is 6.42 Å². The monoisotopic (exact) mass is 431 g/mol. The van der Waals surface area contributed by atoms with Crippen LogP contribution < -0.4 is 15.9 Å². The van der Waals surface area contributed by atoms with E-state index < -0.39 is 7.26 Å². The number of fused-ring (bicyclic) bond motifs is 1. The molecular formula is C31H28P+. The first-order valence-corrected chi connectivity index (χ1v) is 13.3. The van der Waals surface area contributed by atoms with Gasteiger partial charge in [-0.25, -0.2) is 0 Å². The Morgan fingerprint density at radius 2 is 1.00 bits per heavy atom. The van der Waals surface area contributed by atoms with Crippen LogP contribution in [0.25, 0.3) is 10.8 Å². The number of hydrogen-bond donors (Lipinski definition) is 0. The normalized spacial score (nSPS) is 11.5. The van der Waals surface area contributed by atoms with E-state index in [2.05, 4.69) is 134 Å². The lowest BCUT2D eigenvalue weighted by atomic mass is 10.0. The van der Waals surface area contributed by atoms with Gasteiger partial charge < -0.3 is 0 Å². The minimum Gasteiger partial charge on any atom is -0.0620 e. The van der Waals surface area contributed by atoms with Crippen LogP contribution in [0.1, 0.15) is 11.1 Å². The van der Waals surface area contributed by atoms with Gasteiger partial charge >= 0.3 is 0 Å². The molecule has 0 saturated carbocycles. The van der Waals surface area contributed by atoms with Crippen LogP contribution in [0.3, 0.4) is 0 Å². The van der Waals surface area contributed by atoms with Crippen molar-refractivity contribution in [3.8, 4) is 0 Å². The summed E-state index contributed by atoms with van der Waals surface area (Å²) in [4.78, 5) is 0. The van der Waals surface area contributed by atoms with Crippen molar-refractivity contribution in [2.75, 3.05) is 6.16 Å². The second kappa shape index (κ2) is 9.11. The van der Waals surface area contributed by atoms with E-state index in [0.717, 1.165) is 12.6 Å². The Hall–Kier alpha value is -3.21. The summed E-state index contributed by atoms with van der Waals surface area (Å²) in [6.07, 6.45) is 2.17. The summed E-state index contributed by atoms with van der Waals surface area (Å²) >= 11 is 0. The Kier molecular flexibility index (Phi) is 5.89. The van der Waals surface area contributed by atoms with Crippen LogP contribution in [-0.2, 0) is 6.42 Å². The molecule has 0 atom stereocenters. The fourth-order valence-electron chi connectivity index (χ4n) is 4.90. The molecule has 156 valence electrons. The molecule has 0 bridgehead atoms. The van der Waals surface area contributed by atoms with Crippen LogP contribution in [0.4, 0.5) is 0 Å². The van der Waals surface area contributed by atoms with E-state index in [4.69, 9.17) is 0 Å². The van der Waals surface area contributed by atoms with Gasteiger partial charge in [-0.2, -0.15) is 0 Å². The Balaban J connectivity index is 1.65. The van der Waals surface area contributed by atoms with Gasteiger partial charge in [-0.15, -0.1) is 0 Å². The first-order valence-electron chi connectivity index (χ1n) is 11.3. The summed E-state index contributed by atoms with van der Waals surface area (Å²) in [5, 5.41) is 7.05. The highest BCUT2D eigenvalue weighted by Crippen LogP contribution is 2.55. The van der Waals surface area contributed by atoms with Crippen LogP contribution in [0.5, 0.6) is 0 Å². The smallest absolute Gasteiger partial charge is 0.0620 e. The molecule has 0 fully saturated rings. The SMILES string of the molecule is Cc1cc(CC[P+](c2ccccc2)(c2ccccc2)c2ccccc2)cc2ccccc12. The molecular weight excluding hydrogens is 403 g/mol. The van der Waals surface area contributed by atoms with E-state index in [1.54, 1.807) is 0 Å². The quantitative estimate of drug-likeness (QED) is 0.263. The standard InChI is InChI=1S/C31H28P/c1-25-23-26(24-27-13-11-12-20-31(25)27)21-22-32(28-14-5-2-6-15-28,29-16-7-3-8-17-29)30-18-9-4-10-19-30/h2-20,23-24H,21-22H2,1H3/q+1. The van der Waals surface area contributed by atoms with Crippen molar-refractivity contribution >= 4 is 33.9 Å². The molecule has 32 heavy (non-hydrogen) atoms.